The third-order valence-electron chi connectivity index (χ3n) is 2.91. The molecule has 2 rings (SSSR count). The van der Waals surface area contributed by atoms with Gasteiger partial charge < -0.3 is 10.6 Å². The molecule has 5 nitrogen and oxygen atoms in total. The Morgan fingerprint density at radius 1 is 1.33 bits per heavy atom. The largest absolute Gasteiger partial charge is 0.381 e. The Balaban J connectivity index is 2.39. The van der Waals surface area contributed by atoms with Crippen molar-refractivity contribution in [3.8, 4) is 6.07 Å². The SMILES string of the molecule is N#CCCN(C(=O)c1ccnc(N)c1F)c1ccccc1. The Kier molecular flexibility index (Phi) is 4.46. The number of nitrogens with two attached hydrogens (primary N) is 1. The molecule has 106 valence electrons. The molecule has 21 heavy (non-hydrogen) atoms. The van der Waals surface area contributed by atoms with Crippen LogP contribution in [0.15, 0.2) is 42.6 Å². The monoisotopic (exact) mass is 284 g/mol. The summed E-state index contributed by atoms with van der Waals surface area (Å²) in [6.45, 7) is 0.168. The summed E-state index contributed by atoms with van der Waals surface area (Å²) in [5.74, 6) is -1.72. The van der Waals surface area contributed by atoms with Crippen LogP contribution in [0.2, 0.25) is 0 Å². The van der Waals surface area contributed by atoms with E-state index >= 15 is 0 Å². The minimum Gasteiger partial charge on any atom is -0.381 e. The van der Waals surface area contributed by atoms with Crippen molar-refractivity contribution in [2.75, 3.05) is 17.2 Å². The van der Waals surface area contributed by atoms with Gasteiger partial charge >= 0.3 is 0 Å². The van der Waals surface area contributed by atoms with Gasteiger partial charge in [0.05, 0.1) is 18.1 Å². The molecule has 0 radical (unpaired) electrons. The number of amides is 1. The highest BCUT2D eigenvalue weighted by Crippen LogP contribution is 2.20. The van der Waals surface area contributed by atoms with E-state index in [-0.39, 0.29) is 24.3 Å². The van der Waals surface area contributed by atoms with Gasteiger partial charge in [0, 0.05) is 18.4 Å². The van der Waals surface area contributed by atoms with Crippen LogP contribution in [0.3, 0.4) is 0 Å². The van der Waals surface area contributed by atoms with E-state index in [2.05, 4.69) is 4.98 Å². The summed E-state index contributed by atoms with van der Waals surface area (Å²) in [6.07, 6.45) is 1.42. The number of aromatic nitrogens is 1. The minimum absolute atomic E-state index is 0.142. The van der Waals surface area contributed by atoms with Crippen LogP contribution in [0, 0.1) is 17.1 Å². The Hall–Kier alpha value is -2.94. The summed E-state index contributed by atoms with van der Waals surface area (Å²) in [7, 11) is 0. The zero-order valence-corrected chi connectivity index (χ0v) is 11.2. The van der Waals surface area contributed by atoms with Gasteiger partial charge in [0.15, 0.2) is 11.6 Å². The number of carbonyl (C=O) groups is 1. The molecule has 0 unspecified atom stereocenters. The van der Waals surface area contributed by atoms with Crippen LogP contribution in [0.1, 0.15) is 16.8 Å². The number of hydrogen-bond donors (Lipinski definition) is 1. The number of nitriles is 1. The predicted molar refractivity (Wildman–Crippen MR) is 77.0 cm³/mol. The lowest BCUT2D eigenvalue weighted by molar-refractivity contribution is 0.0983. The van der Waals surface area contributed by atoms with Crippen molar-refractivity contribution < 1.29 is 9.18 Å². The van der Waals surface area contributed by atoms with Crippen molar-refractivity contribution in [3.63, 3.8) is 0 Å². The summed E-state index contributed by atoms with van der Waals surface area (Å²) in [4.78, 5) is 17.5. The van der Waals surface area contributed by atoms with E-state index in [9.17, 15) is 9.18 Å². The van der Waals surface area contributed by atoms with Crippen LogP contribution in [0.5, 0.6) is 0 Å². The second kappa shape index (κ2) is 6.48. The van der Waals surface area contributed by atoms with Gasteiger partial charge in [0.2, 0.25) is 0 Å². The predicted octanol–water partition coefficient (Wildman–Crippen LogP) is 2.36. The first-order chi connectivity index (χ1) is 10.1. The smallest absolute Gasteiger partial charge is 0.261 e. The van der Waals surface area contributed by atoms with Crippen LogP contribution < -0.4 is 10.6 Å². The lowest BCUT2D eigenvalue weighted by Crippen LogP contribution is -2.32. The standard InChI is InChI=1S/C15H13FN4O/c16-13-12(7-9-19-14(13)18)15(21)20(10-4-8-17)11-5-2-1-3-6-11/h1-3,5-7,9H,4,10H2,(H2,18,19). The van der Waals surface area contributed by atoms with Crippen molar-refractivity contribution in [2.45, 2.75) is 6.42 Å². The van der Waals surface area contributed by atoms with Crippen molar-refractivity contribution >= 4 is 17.4 Å². The lowest BCUT2D eigenvalue weighted by Gasteiger charge is -2.22. The number of pyridine rings is 1. The Bertz CT molecular complexity index is 682. The molecule has 0 aliphatic heterocycles. The number of benzene rings is 1. The maximum absolute atomic E-state index is 14.0. The zero-order valence-electron chi connectivity index (χ0n) is 11.2. The Labute approximate surface area is 121 Å². The van der Waals surface area contributed by atoms with Crippen LogP contribution in [-0.4, -0.2) is 17.4 Å². The fraction of sp³-hybridized carbons (Fsp3) is 0.133. The van der Waals surface area contributed by atoms with Crippen molar-refractivity contribution in [2.24, 2.45) is 0 Å². The molecule has 0 saturated heterocycles. The molecule has 2 N–H and O–H groups in total. The van der Waals surface area contributed by atoms with Gasteiger partial charge in [-0.3, -0.25) is 4.79 Å². The second-order valence-electron chi connectivity index (χ2n) is 4.26. The molecule has 0 atom stereocenters. The highest BCUT2D eigenvalue weighted by molar-refractivity contribution is 6.06. The summed E-state index contributed by atoms with van der Waals surface area (Å²) >= 11 is 0. The molecular weight excluding hydrogens is 271 g/mol. The fourth-order valence-electron chi connectivity index (χ4n) is 1.89. The second-order valence-corrected chi connectivity index (χ2v) is 4.26. The number of carbonyl (C=O) groups excluding carboxylic acids is 1. The van der Waals surface area contributed by atoms with Crippen LogP contribution in [-0.2, 0) is 0 Å². The molecule has 0 bridgehead atoms. The van der Waals surface area contributed by atoms with Crippen LogP contribution >= 0.6 is 0 Å². The number of para-hydroxylation sites is 1. The average Bonchev–Trinajstić information content (AvgIpc) is 2.51. The molecule has 1 heterocycles. The lowest BCUT2D eigenvalue weighted by atomic mass is 10.2. The van der Waals surface area contributed by atoms with E-state index in [4.69, 9.17) is 11.0 Å². The van der Waals surface area contributed by atoms with Gasteiger partial charge in [-0.15, -0.1) is 0 Å². The summed E-state index contributed by atoms with van der Waals surface area (Å²) in [5, 5.41) is 8.72. The molecule has 1 aromatic carbocycles. The van der Waals surface area contributed by atoms with Crippen LogP contribution in [0.4, 0.5) is 15.9 Å². The van der Waals surface area contributed by atoms with Gasteiger partial charge in [-0.2, -0.15) is 5.26 Å². The first-order valence-electron chi connectivity index (χ1n) is 6.29. The quantitative estimate of drug-likeness (QED) is 0.934. The van der Waals surface area contributed by atoms with Crippen molar-refractivity contribution in [3.05, 3.63) is 54.0 Å². The first kappa shape index (κ1) is 14.5. The molecule has 0 spiro atoms. The number of rotatable bonds is 4. The number of nitrogen functional groups attached to an aromatic ring is 1. The number of nitrogens with zero attached hydrogens (tertiary/aromatic N) is 3. The highest BCUT2D eigenvalue weighted by atomic mass is 19.1. The number of hydrogen-bond acceptors (Lipinski definition) is 4. The van der Waals surface area contributed by atoms with E-state index in [1.54, 1.807) is 24.3 Å². The first-order valence-corrected chi connectivity index (χ1v) is 6.29. The molecule has 2 aromatic rings. The molecule has 0 aliphatic rings. The Morgan fingerprint density at radius 2 is 2.05 bits per heavy atom. The molecule has 0 fully saturated rings. The van der Waals surface area contributed by atoms with Gasteiger partial charge in [-0.1, -0.05) is 18.2 Å². The van der Waals surface area contributed by atoms with Gasteiger partial charge in [0.25, 0.3) is 5.91 Å². The topological polar surface area (TPSA) is 83.0 Å². The van der Waals surface area contributed by atoms with E-state index in [1.165, 1.54) is 17.2 Å². The number of anilines is 2. The third kappa shape index (κ3) is 3.15. The maximum Gasteiger partial charge on any atom is 0.261 e. The summed E-state index contributed by atoms with van der Waals surface area (Å²) in [5.41, 5.74) is 5.82. The van der Waals surface area contributed by atoms with Crippen molar-refractivity contribution in [1.82, 2.24) is 4.98 Å². The maximum atomic E-state index is 14.0. The highest BCUT2D eigenvalue weighted by Gasteiger charge is 2.22. The molecular formula is C15H13FN4O. The molecule has 0 aliphatic carbocycles. The molecule has 1 amide bonds. The summed E-state index contributed by atoms with van der Waals surface area (Å²) in [6, 6.07) is 12.0. The molecule has 0 saturated carbocycles. The molecule has 6 heteroatoms. The number of halogens is 1. The average molecular weight is 284 g/mol. The van der Waals surface area contributed by atoms with E-state index < -0.39 is 11.7 Å². The molecule has 1 aromatic heterocycles. The van der Waals surface area contributed by atoms with Gasteiger partial charge in [-0.05, 0) is 18.2 Å². The summed E-state index contributed by atoms with van der Waals surface area (Å²) < 4.78 is 14.0. The van der Waals surface area contributed by atoms with E-state index in [1.807, 2.05) is 12.1 Å². The fourth-order valence-corrected chi connectivity index (χ4v) is 1.89. The van der Waals surface area contributed by atoms with E-state index in [0.29, 0.717) is 5.69 Å². The zero-order chi connectivity index (χ0) is 15.2. The van der Waals surface area contributed by atoms with Gasteiger partial charge in [-0.25, -0.2) is 9.37 Å². The van der Waals surface area contributed by atoms with Gasteiger partial charge in [0.1, 0.15) is 0 Å². The van der Waals surface area contributed by atoms with E-state index in [0.717, 1.165) is 0 Å². The normalized spacial score (nSPS) is 9.90. The minimum atomic E-state index is -0.847. The third-order valence-corrected chi connectivity index (χ3v) is 2.91. The van der Waals surface area contributed by atoms with Crippen LogP contribution in [0.25, 0.3) is 0 Å². The Morgan fingerprint density at radius 3 is 2.71 bits per heavy atom. The van der Waals surface area contributed by atoms with Crippen molar-refractivity contribution in [1.29, 1.82) is 5.26 Å².